The Hall–Kier alpha value is -2.34. The Labute approximate surface area is 113 Å². The lowest BCUT2D eigenvalue weighted by Gasteiger charge is -2.08. The van der Waals surface area contributed by atoms with Crippen molar-refractivity contribution in [1.82, 2.24) is 9.97 Å². The molecule has 1 amide bonds. The molecule has 0 saturated heterocycles. The number of carbonyl (C=O) groups is 2. The maximum absolute atomic E-state index is 12.0. The number of anilines is 1. The third kappa shape index (κ3) is 2.58. The van der Waals surface area contributed by atoms with E-state index in [9.17, 15) is 9.59 Å². The molecule has 19 heavy (non-hydrogen) atoms. The van der Waals surface area contributed by atoms with Crippen LogP contribution in [-0.2, 0) is 0 Å². The molecule has 1 aromatic carbocycles. The van der Waals surface area contributed by atoms with Gasteiger partial charge < -0.3 is 15.4 Å². The van der Waals surface area contributed by atoms with Gasteiger partial charge in [-0.05, 0) is 24.6 Å². The summed E-state index contributed by atoms with van der Waals surface area (Å²) in [6.07, 6.45) is 1.16. The number of halogens is 1. The zero-order valence-electron chi connectivity index (χ0n) is 9.90. The van der Waals surface area contributed by atoms with Gasteiger partial charge in [-0.2, -0.15) is 0 Å². The first kappa shape index (κ1) is 13.1. The highest BCUT2D eigenvalue weighted by Crippen LogP contribution is 2.23. The Morgan fingerprint density at radius 3 is 2.84 bits per heavy atom. The quantitative estimate of drug-likeness (QED) is 0.803. The van der Waals surface area contributed by atoms with Gasteiger partial charge in [0.05, 0.1) is 6.33 Å². The van der Waals surface area contributed by atoms with E-state index in [0.717, 1.165) is 6.33 Å². The summed E-state index contributed by atoms with van der Waals surface area (Å²) in [4.78, 5) is 29.0. The van der Waals surface area contributed by atoms with E-state index < -0.39 is 11.9 Å². The largest absolute Gasteiger partial charge is 0.477 e. The molecule has 0 unspecified atom stereocenters. The van der Waals surface area contributed by atoms with Crippen LogP contribution in [0.5, 0.6) is 0 Å². The van der Waals surface area contributed by atoms with Gasteiger partial charge in [0.1, 0.15) is 0 Å². The molecule has 3 N–H and O–H groups in total. The Kier molecular flexibility index (Phi) is 3.52. The van der Waals surface area contributed by atoms with Crippen LogP contribution in [0.3, 0.4) is 0 Å². The number of carboxylic acids is 1. The van der Waals surface area contributed by atoms with Gasteiger partial charge >= 0.3 is 5.97 Å². The molecule has 0 atom stereocenters. The lowest BCUT2D eigenvalue weighted by molar-refractivity contribution is 0.0686. The summed E-state index contributed by atoms with van der Waals surface area (Å²) in [5.41, 5.74) is 0.783. The van der Waals surface area contributed by atoms with Crippen molar-refractivity contribution in [2.45, 2.75) is 6.92 Å². The third-order valence-electron chi connectivity index (χ3n) is 2.58. The molecule has 0 radical (unpaired) electrons. The van der Waals surface area contributed by atoms with Crippen molar-refractivity contribution in [2.24, 2.45) is 0 Å². The van der Waals surface area contributed by atoms with Gasteiger partial charge in [-0.15, -0.1) is 0 Å². The summed E-state index contributed by atoms with van der Waals surface area (Å²) in [5.74, 6) is -1.85. The van der Waals surface area contributed by atoms with Gasteiger partial charge in [0.25, 0.3) is 5.91 Å². The van der Waals surface area contributed by atoms with Gasteiger partial charge in [0.15, 0.2) is 11.4 Å². The summed E-state index contributed by atoms with van der Waals surface area (Å²) >= 11 is 5.94. The lowest BCUT2D eigenvalue weighted by atomic mass is 10.2. The van der Waals surface area contributed by atoms with E-state index in [2.05, 4.69) is 15.3 Å². The van der Waals surface area contributed by atoms with Gasteiger partial charge in [-0.25, -0.2) is 9.78 Å². The highest BCUT2D eigenvalue weighted by Gasteiger charge is 2.20. The number of benzene rings is 1. The van der Waals surface area contributed by atoms with Gasteiger partial charge in [0.2, 0.25) is 0 Å². The van der Waals surface area contributed by atoms with E-state index in [1.54, 1.807) is 25.1 Å². The molecule has 0 aliphatic heterocycles. The standard InChI is InChI=1S/C12H10ClN3O3/c1-6-7(13)3-2-4-8(6)16-11(17)9-10(12(18)19)15-5-14-9/h2-5H,1H3,(H,14,15)(H,16,17)(H,18,19). The van der Waals surface area contributed by atoms with Crippen molar-refractivity contribution < 1.29 is 14.7 Å². The normalized spacial score (nSPS) is 10.2. The smallest absolute Gasteiger partial charge is 0.354 e. The molecule has 0 aliphatic carbocycles. The second-order valence-electron chi connectivity index (χ2n) is 3.80. The van der Waals surface area contributed by atoms with Crippen molar-refractivity contribution in [2.75, 3.05) is 5.32 Å². The molecule has 7 heteroatoms. The average Bonchev–Trinajstić information content (AvgIpc) is 2.84. The number of H-pyrrole nitrogens is 1. The first-order chi connectivity index (χ1) is 9.00. The van der Waals surface area contributed by atoms with E-state index in [1.165, 1.54) is 0 Å². The minimum Gasteiger partial charge on any atom is -0.477 e. The lowest BCUT2D eigenvalue weighted by Crippen LogP contribution is -2.17. The monoisotopic (exact) mass is 279 g/mol. The summed E-state index contributed by atoms with van der Waals surface area (Å²) in [5, 5.41) is 12.0. The molecular weight excluding hydrogens is 270 g/mol. The van der Waals surface area contributed by atoms with E-state index in [4.69, 9.17) is 16.7 Å². The number of aromatic amines is 1. The van der Waals surface area contributed by atoms with Gasteiger partial charge in [-0.3, -0.25) is 4.79 Å². The molecule has 98 valence electrons. The number of carboxylic acid groups (broad SMARTS) is 1. The number of hydrogen-bond donors (Lipinski definition) is 3. The van der Waals surface area contributed by atoms with Crippen molar-refractivity contribution in [3.8, 4) is 0 Å². The minimum absolute atomic E-state index is 0.174. The van der Waals surface area contributed by atoms with Crippen molar-refractivity contribution >= 4 is 29.2 Å². The molecule has 0 saturated carbocycles. The van der Waals surface area contributed by atoms with Crippen LogP contribution < -0.4 is 5.32 Å². The molecule has 2 rings (SSSR count). The molecule has 6 nitrogen and oxygen atoms in total. The topological polar surface area (TPSA) is 95.1 Å². The molecule has 0 fully saturated rings. The maximum atomic E-state index is 12.0. The van der Waals surface area contributed by atoms with Gasteiger partial charge in [-0.1, -0.05) is 17.7 Å². The maximum Gasteiger partial charge on any atom is 0.354 e. The van der Waals surface area contributed by atoms with Crippen molar-refractivity contribution in [1.29, 1.82) is 0 Å². The number of hydrogen-bond acceptors (Lipinski definition) is 3. The predicted octanol–water partition coefficient (Wildman–Crippen LogP) is 2.32. The average molecular weight is 280 g/mol. The van der Waals surface area contributed by atoms with Crippen LogP contribution in [0, 0.1) is 6.92 Å². The van der Waals surface area contributed by atoms with Crippen molar-refractivity contribution in [3.63, 3.8) is 0 Å². The van der Waals surface area contributed by atoms with Crippen LogP contribution >= 0.6 is 11.6 Å². The van der Waals surface area contributed by atoms with Crippen LogP contribution in [0.25, 0.3) is 0 Å². The van der Waals surface area contributed by atoms with Crippen LogP contribution in [0.1, 0.15) is 26.5 Å². The highest BCUT2D eigenvalue weighted by molar-refractivity contribution is 6.31. The highest BCUT2D eigenvalue weighted by atomic mass is 35.5. The fourth-order valence-corrected chi connectivity index (χ4v) is 1.73. The Bertz CT molecular complexity index is 651. The second kappa shape index (κ2) is 5.11. The minimum atomic E-state index is -1.24. The van der Waals surface area contributed by atoms with Crippen LogP contribution in [0.2, 0.25) is 5.02 Å². The first-order valence-corrected chi connectivity index (χ1v) is 5.71. The number of nitrogens with one attached hydrogen (secondary N) is 2. The van der Waals surface area contributed by atoms with Crippen LogP contribution in [0.15, 0.2) is 24.5 Å². The fourth-order valence-electron chi connectivity index (χ4n) is 1.55. The number of imidazole rings is 1. The number of rotatable bonds is 3. The molecule has 2 aromatic rings. The second-order valence-corrected chi connectivity index (χ2v) is 4.21. The van der Waals surface area contributed by atoms with E-state index in [1.807, 2.05) is 0 Å². The Morgan fingerprint density at radius 2 is 2.16 bits per heavy atom. The van der Waals surface area contributed by atoms with E-state index >= 15 is 0 Å². The molecule has 0 bridgehead atoms. The fraction of sp³-hybridized carbons (Fsp3) is 0.0833. The van der Waals surface area contributed by atoms with E-state index in [-0.39, 0.29) is 11.4 Å². The predicted molar refractivity (Wildman–Crippen MR) is 69.7 cm³/mol. The first-order valence-electron chi connectivity index (χ1n) is 5.34. The van der Waals surface area contributed by atoms with E-state index in [0.29, 0.717) is 16.3 Å². The molecule has 0 aliphatic rings. The number of carbonyl (C=O) groups excluding carboxylic acids is 1. The summed E-state index contributed by atoms with van der Waals surface area (Å²) in [6.45, 7) is 1.75. The summed E-state index contributed by atoms with van der Waals surface area (Å²) < 4.78 is 0. The van der Waals surface area contributed by atoms with Crippen molar-refractivity contribution in [3.05, 3.63) is 46.5 Å². The zero-order valence-corrected chi connectivity index (χ0v) is 10.7. The molecular formula is C12H10ClN3O3. The number of aromatic nitrogens is 2. The van der Waals surface area contributed by atoms with Gasteiger partial charge in [0, 0.05) is 10.7 Å². The number of amides is 1. The van der Waals surface area contributed by atoms with Crippen LogP contribution in [0.4, 0.5) is 5.69 Å². The SMILES string of the molecule is Cc1c(Cl)cccc1NC(=O)c1nc[nH]c1C(=O)O. The number of aromatic carboxylic acids is 1. The Morgan fingerprint density at radius 1 is 1.42 bits per heavy atom. The summed E-state index contributed by atoms with van der Waals surface area (Å²) in [6, 6.07) is 5.06. The zero-order chi connectivity index (χ0) is 14.0. The molecule has 1 aromatic heterocycles. The molecule has 1 heterocycles. The summed E-state index contributed by atoms with van der Waals surface area (Å²) in [7, 11) is 0. The number of nitrogens with zero attached hydrogens (tertiary/aromatic N) is 1. The van der Waals surface area contributed by atoms with Crippen LogP contribution in [-0.4, -0.2) is 27.0 Å². The third-order valence-corrected chi connectivity index (χ3v) is 2.99. The molecule has 0 spiro atoms. The Balaban J connectivity index is 2.29.